The molecule has 0 aliphatic rings. The van der Waals surface area contributed by atoms with E-state index in [0.717, 1.165) is 0 Å². The van der Waals surface area contributed by atoms with Crippen LogP contribution in [0, 0.1) is 6.92 Å². The molecule has 0 aromatic heterocycles. The van der Waals surface area contributed by atoms with Crippen molar-refractivity contribution in [2.45, 2.75) is 38.2 Å². The lowest BCUT2D eigenvalue weighted by atomic mass is 10.2. The lowest BCUT2D eigenvalue weighted by molar-refractivity contribution is -0.0357. The largest absolute Gasteiger partial charge is 0.281 e. The summed E-state index contributed by atoms with van der Waals surface area (Å²) in [6.45, 7) is 7.04. The lowest BCUT2D eigenvalue weighted by Gasteiger charge is -2.19. The molecule has 1 N–H and O–H groups in total. The van der Waals surface area contributed by atoms with Crippen molar-refractivity contribution in [2.75, 3.05) is 0 Å². The van der Waals surface area contributed by atoms with E-state index in [0.29, 0.717) is 10.0 Å². The fraction of sp³-hybridized carbons (Fsp3) is 0.455. The van der Waals surface area contributed by atoms with Crippen LogP contribution in [0.1, 0.15) is 26.3 Å². The predicted octanol–water partition coefficient (Wildman–Crippen LogP) is 2.77. The van der Waals surface area contributed by atoms with Crippen LogP contribution in [0.3, 0.4) is 0 Å². The molecule has 0 saturated carbocycles. The highest BCUT2D eigenvalue weighted by Gasteiger charge is 2.21. The highest BCUT2D eigenvalue weighted by molar-refractivity contribution is 9.10. The second kappa shape index (κ2) is 5.06. The minimum Gasteiger partial charge on any atom is -0.281 e. The van der Waals surface area contributed by atoms with E-state index in [9.17, 15) is 8.42 Å². The summed E-state index contributed by atoms with van der Waals surface area (Å²) in [5, 5.41) is 0. The summed E-state index contributed by atoms with van der Waals surface area (Å²) in [6.07, 6.45) is 0. The van der Waals surface area contributed by atoms with Gasteiger partial charge in [0.25, 0.3) is 10.0 Å². The normalized spacial score (nSPS) is 12.8. The van der Waals surface area contributed by atoms with Crippen molar-refractivity contribution >= 4 is 26.0 Å². The summed E-state index contributed by atoms with van der Waals surface area (Å²) in [5.74, 6) is 0. The SMILES string of the molecule is Cc1ccc(Br)cc1S(=O)(=O)NOC(C)(C)C. The van der Waals surface area contributed by atoms with Crippen molar-refractivity contribution in [3.05, 3.63) is 28.2 Å². The van der Waals surface area contributed by atoms with Gasteiger partial charge in [0.05, 0.1) is 10.5 Å². The number of rotatable bonds is 3. The van der Waals surface area contributed by atoms with Crippen molar-refractivity contribution in [1.82, 2.24) is 4.89 Å². The van der Waals surface area contributed by atoms with Crippen LogP contribution in [0.25, 0.3) is 0 Å². The van der Waals surface area contributed by atoms with Crippen LogP contribution in [-0.4, -0.2) is 14.0 Å². The number of benzene rings is 1. The van der Waals surface area contributed by atoms with Gasteiger partial charge < -0.3 is 0 Å². The Morgan fingerprint density at radius 1 is 1.29 bits per heavy atom. The van der Waals surface area contributed by atoms with Crippen molar-refractivity contribution in [2.24, 2.45) is 0 Å². The third kappa shape index (κ3) is 4.39. The maximum atomic E-state index is 12.0. The second-order valence-electron chi connectivity index (χ2n) is 4.71. The molecular weight excluding hydrogens is 306 g/mol. The van der Waals surface area contributed by atoms with Gasteiger partial charge in [-0.2, -0.15) is 0 Å². The molecule has 6 heteroatoms. The van der Waals surface area contributed by atoms with Crippen LogP contribution < -0.4 is 4.89 Å². The van der Waals surface area contributed by atoms with Gasteiger partial charge in [0.2, 0.25) is 0 Å². The molecule has 0 unspecified atom stereocenters. The molecule has 0 saturated heterocycles. The Labute approximate surface area is 111 Å². The number of aryl methyl sites for hydroxylation is 1. The zero-order chi connectivity index (χ0) is 13.3. The van der Waals surface area contributed by atoms with E-state index in [2.05, 4.69) is 20.8 Å². The van der Waals surface area contributed by atoms with E-state index in [1.807, 2.05) is 0 Å². The number of halogens is 1. The molecule has 0 atom stereocenters. The molecule has 1 rings (SSSR count). The van der Waals surface area contributed by atoms with Gasteiger partial charge in [-0.15, -0.1) is 0 Å². The summed E-state index contributed by atoms with van der Waals surface area (Å²) < 4.78 is 24.7. The van der Waals surface area contributed by atoms with Crippen LogP contribution in [0.15, 0.2) is 27.6 Å². The highest BCUT2D eigenvalue weighted by atomic mass is 79.9. The summed E-state index contributed by atoms with van der Waals surface area (Å²) in [6, 6.07) is 5.07. The van der Waals surface area contributed by atoms with E-state index in [-0.39, 0.29) is 4.90 Å². The minimum atomic E-state index is -3.65. The number of hydrogen-bond donors (Lipinski definition) is 1. The zero-order valence-corrected chi connectivity index (χ0v) is 12.6. The first-order valence-corrected chi connectivity index (χ1v) is 7.35. The highest BCUT2D eigenvalue weighted by Crippen LogP contribution is 2.21. The molecule has 96 valence electrons. The van der Waals surface area contributed by atoms with Gasteiger partial charge in [0, 0.05) is 4.47 Å². The molecule has 0 aliphatic heterocycles. The molecule has 1 aromatic rings. The Kier molecular flexibility index (Phi) is 4.35. The first-order chi connectivity index (χ1) is 7.62. The molecule has 1 aromatic carbocycles. The van der Waals surface area contributed by atoms with Gasteiger partial charge in [0.1, 0.15) is 0 Å². The summed E-state index contributed by atoms with van der Waals surface area (Å²) in [4.78, 5) is 7.43. The standard InChI is InChI=1S/C11H16BrNO3S/c1-8-5-6-9(12)7-10(8)17(14,15)13-16-11(2,3)4/h5-7,13H,1-4H3. The fourth-order valence-electron chi connectivity index (χ4n) is 1.09. The van der Waals surface area contributed by atoms with Crippen LogP contribution in [0.2, 0.25) is 0 Å². The van der Waals surface area contributed by atoms with E-state index >= 15 is 0 Å². The van der Waals surface area contributed by atoms with E-state index < -0.39 is 15.6 Å². The molecular formula is C11H16BrNO3S. The van der Waals surface area contributed by atoms with Crippen molar-refractivity contribution in [3.8, 4) is 0 Å². The van der Waals surface area contributed by atoms with Crippen LogP contribution in [0.5, 0.6) is 0 Å². The van der Waals surface area contributed by atoms with Crippen molar-refractivity contribution in [3.63, 3.8) is 0 Å². The maximum absolute atomic E-state index is 12.0. The van der Waals surface area contributed by atoms with Gasteiger partial charge in [-0.05, 0) is 45.4 Å². The van der Waals surface area contributed by atoms with E-state index in [1.165, 1.54) is 0 Å². The Hall–Kier alpha value is -0.430. The van der Waals surface area contributed by atoms with Crippen LogP contribution >= 0.6 is 15.9 Å². The average Bonchev–Trinajstić information content (AvgIpc) is 2.18. The molecule has 0 radical (unpaired) electrons. The van der Waals surface area contributed by atoms with E-state index in [1.54, 1.807) is 45.9 Å². The maximum Gasteiger partial charge on any atom is 0.262 e. The molecule has 0 spiro atoms. The molecule has 0 heterocycles. The molecule has 0 aliphatic carbocycles. The van der Waals surface area contributed by atoms with Crippen LogP contribution in [-0.2, 0) is 14.9 Å². The fourth-order valence-corrected chi connectivity index (χ4v) is 2.82. The Morgan fingerprint density at radius 2 is 1.88 bits per heavy atom. The zero-order valence-electron chi connectivity index (χ0n) is 10.2. The average molecular weight is 322 g/mol. The van der Waals surface area contributed by atoms with Gasteiger partial charge in [-0.3, -0.25) is 4.84 Å². The third-order valence-electron chi connectivity index (χ3n) is 1.90. The summed E-state index contributed by atoms with van der Waals surface area (Å²) in [7, 11) is -3.65. The van der Waals surface area contributed by atoms with Gasteiger partial charge >= 0.3 is 0 Å². The van der Waals surface area contributed by atoms with Gasteiger partial charge in [-0.1, -0.05) is 26.9 Å². The Bertz CT molecular complexity index is 506. The smallest absolute Gasteiger partial charge is 0.262 e. The lowest BCUT2D eigenvalue weighted by Crippen LogP contribution is -2.33. The number of hydrogen-bond acceptors (Lipinski definition) is 3. The summed E-state index contributed by atoms with van der Waals surface area (Å²) in [5.41, 5.74) is 0.0886. The minimum absolute atomic E-state index is 0.205. The number of nitrogens with one attached hydrogen (secondary N) is 1. The Morgan fingerprint density at radius 3 is 2.41 bits per heavy atom. The first kappa shape index (κ1) is 14.6. The molecule has 0 fully saturated rings. The molecule has 0 amide bonds. The second-order valence-corrected chi connectivity index (χ2v) is 7.24. The third-order valence-corrected chi connectivity index (χ3v) is 3.71. The summed E-state index contributed by atoms with van der Waals surface area (Å²) >= 11 is 3.25. The molecule has 4 nitrogen and oxygen atoms in total. The predicted molar refractivity (Wildman–Crippen MR) is 70.0 cm³/mol. The first-order valence-electron chi connectivity index (χ1n) is 5.08. The van der Waals surface area contributed by atoms with Crippen LogP contribution in [0.4, 0.5) is 0 Å². The van der Waals surface area contributed by atoms with Gasteiger partial charge in [-0.25, -0.2) is 8.42 Å². The van der Waals surface area contributed by atoms with Crippen molar-refractivity contribution < 1.29 is 13.3 Å². The molecule has 0 bridgehead atoms. The van der Waals surface area contributed by atoms with Crippen molar-refractivity contribution in [1.29, 1.82) is 0 Å². The topological polar surface area (TPSA) is 55.4 Å². The van der Waals surface area contributed by atoms with E-state index in [4.69, 9.17) is 4.84 Å². The monoisotopic (exact) mass is 321 g/mol. The Balaban J connectivity index is 3.02. The van der Waals surface area contributed by atoms with Gasteiger partial charge in [0.15, 0.2) is 0 Å². The number of sulfonamides is 1. The molecule has 17 heavy (non-hydrogen) atoms. The quantitative estimate of drug-likeness (QED) is 0.871.